The van der Waals surface area contributed by atoms with Gasteiger partial charge < -0.3 is 15.0 Å². The van der Waals surface area contributed by atoms with Crippen LogP contribution in [0.1, 0.15) is 30.0 Å². The molecule has 1 saturated heterocycles. The Balaban J connectivity index is 1.68. The molecule has 0 aromatic heterocycles. The van der Waals surface area contributed by atoms with E-state index in [1.54, 1.807) is 7.11 Å². The van der Waals surface area contributed by atoms with Gasteiger partial charge in [0.15, 0.2) is 0 Å². The van der Waals surface area contributed by atoms with E-state index in [2.05, 4.69) is 29.6 Å². The van der Waals surface area contributed by atoms with Crippen LogP contribution in [-0.4, -0.2) is 31.0 Å². The van der Waals surface area contributed by atoms with Gasteiger partial charge in [-0.25, -0.2) is 0 Å². The number of methoxy groups -OCH3 is 1. The number of rotatable bonds is 7. The van der Waals surface area contributed by atoms with Crippen LogP contribution < -0.4 is 10.1 Å². The maximum Gasteiger partial charge on any atom is 0.222 e. The minimum Gasteiger partial charge on any atom is -0.497 e. The fourth-order valence-electron chi connectivity index (χ4n) is 3.08. The summed E-state index contributed by atoms with van der Waals surface area (Å²) in [6, 6.07) is 18.5. The molecule has 0 bridgehead atoms. The molecule has 126 valence electrons. The van der Waals surface area contributed by atoms with Gasteiger partial charge in [0, 0.05) is 26.1 Å². The molecule has 1 N–H and O–H groups in total. The molecule has 1 aliphatic heterocycles. The Bertz CT molecular complexity index is 655. The number of nitrogens with zero attached hydrogens (tertiary/aromatic N) is 1. The number of hydrogen-bond donors (Lipinski definition) is 1. The lowest BCUT2D eigenvalue weighted by Crippen LogP contribution is -2.35. The summed E-state index contributed by atoms with van der Waals surface area (Å²) in [4.78, 5) is 13.9. The highest BCUT2D eigenvalue weighted by atomic mass is 16.5. The predicted molar refractivity (Wildman–Crippen MR) is 94.8 cm³/mol. The van der Waals surface area contributed by atoms with E-state index in [4.69, 9.17) is 4.74 Å². The lowest BCUT2D eigenvalue weighted by molar-refractivity contribution is -0.128. The molecule has 0 aliphatic carbocycles. The molecule has 1 amide bonds. The minimum absolute atomic E-state index is 0.135. The first-order valence-corrected chi connectivity index (χ1v) is 8.45. The molecule has 1 atom stereocenters. The molecular weight excluding hydrogens is 300 g/mol. The fraction of sp³-hybridized carbons (Fsp3) is 0.350. The zero-order valence-corrected chi connectivity index (χ0v) is 14.1. The van der Waals surface area contributed by atoms with E-state index in [0.29, 0.717) is 6.42 Å². The third-order valence-corrected chi connectivity index (χ3v) is 4.49. The SMILES string of the molecule is COc1ccc(CN[C@@H](CN2CCCC2=O)c2ccccc2)cc1. The van der Waals surface area contributed by atoms with Gasteiger partial charge in [-0.2, -0.15) is 0 Å². The van der Waals surface area contributed by atoms with Crippen molar-refractivity contribution in [1.82, 2.24) is 10.2 Å². The predicted octanol–water partition coefficient (Wildman–Crippen LogP) is 3.15. The summed E-state index contributed by atoms with van der Waals surface area (Å²) in [5.41, 5.74) is 2.41. The van der Waals surface area contributed by atoms with Crippen LogP contribution in [0.15, 0.2) is 54.6 Å². The molecule has 0 saturated carbocycles. The van der Waals surface area contributed by atoms with Crippen LogP contribution >= 0.6 is 0 Å². The summed E-state index contributed by atoms with van der Waals surface area (Å²) in [5.74, 6) is 1.13. The van der Waals surface area contributed by atoms with Crippen LogP contribution in [0.2, 0.25) is 0 Å². The van der Waals surface area contributed by atoms with Crippen LogP contribution in [0.25, 0.3) is 0 Å². The number of carbonyl (C=O) groups excluding carboxylic acids is 1. The average molecular weight is 324 g/mol. The minimum atomic E-state index is 0.135. The van der Waals surface area contributed by atoms with Crippen LogP contribution in [0.3, 0.4) is 0 Å². The van der Waals surface area contributed by atoms with Gasteiger partial charge in [0.2, 0.25) is 5.91 Å². The zero-order chi connectivity index (χ0) is 16.8. The Morgan fingerprint density at radius 1 is 1.12 bits per heavy atom. The van der Waals surface area contributed by atoms with Crippen molar-refractivity contribution < 1.29 is 9.53 Å². The number of ether oxygens (including phenoxy) is 1. The lowest BCUT2D eigenvalue weighted by Gasteiger charge is -2.25. The Labute approximate surface area is 143 Å². The number of likely N-dealkylation sites (tertiary alicyclic amines) is 1. The number of benzene rings is 2. The standard InChI is InChI=1S/C20H24N2O2/c1-24-18-11-9-16(10-12-18)14-21-19(17-6-3-2-4-7-17)15-22-13-5-8-20(22)23/h2-4,6-7,9-12,19,21H,5,8,13-15H2,1H3/t19-/m0/s1. The molecule has 24 heavy (non-hydrogen) atoms. The monoisotopic (exact) mass is 324 g/mol. The van der Waals surface area contributed by atoms with E-state index in [-0.39, 0.29) is 11.9 Å². The van der Waals surface area contributed by atoms with Crippen molar-refractivity contribution in [3.05, 3.63) is 65.7 Å². The van der Waals surface area contributed by atoms with E-state index in [1.807, 2.05) is 35.2 Å². The second-order valence-corrected chi connectivity index (χ2v) is 6.14. The first kappa shape index (κ1) is 16.5. The average Bonchev–Trinajstić information content (AvgIpc) is 3.04. The van der Waals surface area contributed by atoms with E-state index in [9.17, 15) is 4.79 Å². The summed E-state index contributed by atoms with van der Waals surface area (Å²) in [6.45, 7) is 2.34. The quantitative estimate of drug-likeness (QED) is 0.851. The van der Waals surface area contributed by atoms with Gasteiger partial charge in [0.25, 0.3) is 0 Å². The highest BCUT2D eigenvalue weighted by molar-refractivity contribution is 5.78. The van der Waals surface area contributed by atoms with Crippen molar-refractivity contribution in [3.63, 3.8) is 0 Å². The second kappa shape index (κ2) is 7.97. The molecule has 1 heterocycles. The molecule has 1 aliphatic rings. The highest BCUT2D eigenvalue weighted by Crippen LogP contribution is 2.19. The van der Waals surface area contributed by atoms with Crippen LogP contribution in [0, 0.1) is 0 Å². The van der Waals surface area contributed by atoms with Crippen molar-refractivity contribution in [3.8, 4) is 5.75 Å². The van der Waals surface area contributed by atoms with E-state index in [1.165, 1.54) is 11.1 Å². The van der Waals surface area contributed by atoms with Crippen molar-refractivity contribution in [2.75, 3.05) is 20.2 Å². The molecule has 2 aromatic carbocycles. The maximum absolute atomic E-state index is 12.0. The molecule has 4 nitrogen and oxygen atoms in total. The van der Waals surface area contributed by atoms with Gasteiger partial charge in [-0.3, -0.25) is 4.79 Å². The smallest absolute Gasteiger partial charge is 0.222 e. The van der Waals surface area contributed by atoms with E-state index >= 15 is 0 Å². The molecule has 0 unspecified atom stereocenters. The number of hydrogen-bond acceptors (Lipinski definition) is 3. The number of nitrogens with one attached hydrogen (secondary N) is 1. The molecule has 4 heteroatoms. The van der Waals surface area contributed by atoms with Crippen molar-refractivity contribution >= 4 is 5.91 Å². The fourth-order valence-corrected chi connectivity index (χ4v) is 3.08. The largest absolute Gasteiger partial charge is 0.497 e. The van der Waals surface area contributed by atoms with Crippen LogP contribution in [-0.2, 0) is 11.3 Å². The van der Waals surface area contributed by atoms with Crippen molar-refractivity contribution in [2.45, 2.75) is 25.4 Å². The van der Waals surface area contributed by atoms with Gasteiger partial charge in [-0.15, -0.1) is 0 Å². The lowest BCUT2D eigenvalue weighted by atomic mass is 10.1. The molecule has 2 aromatic rings. The topological polar surface area (TPSA) is 41.6 Å². The van der Waals surface area contributed by atoms with Crippen LogP contribution in [0.5, 0.6) is 5.75 Å². The van der Waals surface area contributed by atoms with Gasteiger partial charge in [0.05, 0.1) is 13.2 Å². The van der Waals surface area contributed by atoms with Gasteiger partial charge >= 0.3 is 0 Å². The Morgan fingerprint density at radius 2 is 1.88 bits per heavy atom. The summed E-state index contributed by atoms with van der Waals surface area (Å²) >= 11 is 0. The Morgan fingerprint density at radius 3 is 2.50 bits per heavy atom. The summed E-state index contributed by atoms with van der Waals surface area (Å²) in [6.07, 6.45) is 1.65. The van der Waals surface area contributed by atoms with Gasteiger partial charge in [0.1, 0.15) is 5.75 Å². The summed E-state index contributed by atoms with van der Waals surface area (Å²) in [5, 5.41) is 3.60. The summed E-state index contributed by atoms with van der Waals surface area (Å²) in [7, 11) is 1.67. The van der Waals surface area contributed by atoms with E-state index < -0.39 is 0 Å². The maximum atomic E-state index is 12.0. The molecule has 1 fully saturated rings. The summed E-state index contributed by atoms with van der Waals surface area (Å²) < 4.78 is 5.20. The molecule has 3 rings (SSSR count). The molecular formula is C20H24N2O2. The molecule has 0 spiro atoms. The number of amides is 1. The van der Waals surface area contributed by atoms with Crippen molar-refractivity contribution in [1.29, 1.82) is 0 Å². The second-order valence-electron chi connectivity index (χ2n) is 6.14. The van der Waals surface area contributed by atoms with Gasteiger partial charge in [-0.1, -0.05) is 42.5 Å². The van der Waals surface area contributed by atoms with Crippen LogP contribution in [0.4, 0.5) is 0 Å². The highest BCUT2D eigenvalue weighted by Gasteiger charge is 2.24. The van der Waals surface area contributed by atoms with Crippen molar-refractivity contribution in [2.24, 2.45) is 0 Å². The van der Waals surface area contributed by atoms with Gasteiger partial charge in [-0.05, 0) is 29.7 Å². The number of carbonyl (C=O) groups is 1. The normalized spacial score (nSPS) is 15.5. The third-order valence-electron chi connectivity index (χ3n) is 4.49. The zero-order valence-electron chi connectivity index (χ0n) is 14.1. The first-order chi connectivity index (χ1) is 11.8. The molecule has 0 radical (unpaired) electrons. The van der Waals surface area contributed by atoms with E-state index in [0.717, 1.165) is 31.8 Å². The Kier molecular flexibility index (Phi) is 5.49. The first-order valence-electron chi connectivity index (χ1n) is 8.45. The Hall–Kier alpha value is -2.33. The third kappa shape index (κ3) is 4.15.